The summed E-state index contributed by atoms with van der Waals surface area (Å²) in [5.41, 5.74) is 4.82. The molecule has 0 spiro atoms. The molecular weight excluding hydrogens is 538 g/mol. The molecule has 0 aliphatic heterocycles. The topological polar surface area (TPSA) is 178 Å². The highest BCUT2D eigenvalue weighted by atomic mass is 16.6. The van der Waals surface area contributed by atoms with Crippen LogP contribution >= 0.6 is 0 Å². The number of rotatable bonds is 13. The number of ether oxygens (including phenoxy) is 5. The van der Waals surface area contributed by atoms with E-state index < -0.39 is 72.8 Å². The Labute approximate surface area is 239 Å². The van der Waals surface area contributed by atoms with Gasteiger partial charge in [-0.15, -0.1) is 0 Å². The van der Waals surface area contributed by atoms with Gasteiger partial charge in [0.05, 0.1) is 29.1 Å². The van der Waals surface area contributed by atoms with Crippen LogP contribution in [-0.2, 0) is 33.3 Å². The number of aliphatic hydroxyl groups excluding tert-OH is 1. The number of carbonyl (C=O) groups excluding carboxylic acids is 5. The first-order valence-corrected chi connectivity index (χ1v) is 13.8. The van der Waals surface area contributed by atoms with Crippen molar-refractivity contribution in [2.45, 2.75) is 84.0 Å². The molecule has 0 saturated heterocycles. The van der Waals surface area contributed by atoms with Crippen LogP contribution in [0.25, 0.3) is 0 Å². The number of nitrogens with two attached hydrogens (primary N) is 1. The van der Waals surface area contributed by atoms with Crippen molar-refractivity contribution in [2.24, 2.45) is 17.6 Å². The minimum Gasteiger partial charge on any atom is -0.463 e. The van der Waals surface area contributed by atoms with Crippen LogP contribution in [0.5, 0.6) is 0 Å². The minimum atomic E-state index is -1.19. The summed E-state index contributed by atoms with van der Waals surface area (Å²) in [6.07, 6.45) is 0.410. The van der Waals surface area contributed by atoms with E-state index in [0.29, 0.717) is 25.7 Å². The van der Waals surface area contributed by atoms with E-state index in [9.17, 15) is 29.1 Å². The van der Waals surface area contributed by atoms with Crippen LogP contribution in [0.2, 0.25) is 0 Å². The Hall–Kier alpha value is -3.67. The maximum atomic E-state index is 12.9. The fourth-order valence-corrected chi connectivity index (χ4v) is 4.29. The van der Waals surface area contributed by atoms with Crippen LogP contribution in [-0.4, -0.2) is 72.7 Å². The average Bonchev–Trinajstić information content (AvgIpc) is 2.91. The predicted octanol–water partition coefficient (Wildman–Crippen LogP) is 3.32. The van der Waals surface area contributed by atoms with Gasteiger partial charge >= 0.3 is 30.0 Å². The predicted molar refractivity (Wildman–Crippen MR) is 145 cm³/mol. The standard InChI is InChI=1S/C29H41NO11/c1-5-8-20(31)15-37-26(34)22-9-6-7-10-23(22)27(35)39-17-21(40-28(30)36)16-38-24(32)18-11-13-19(14-12-18)25(33)41-29(2,3)4/h11-14,20-23,31H,5-10,15-17H2,1-4H3,(H2,30,36). The van der Waals surface area contributed by atoms with Crippen molar-refractivity contribution in [3.05, 3.63) is 35.4 Å². The van der Waals surface area contributed by atoms with Gasteiger partial charge in [0.15, 0.2) is 6.10 Å². The Balaban J connectivity index is 1.93. The van der Waals surface area contributed by atoms with Gasteiger partial charge in [-0.3, -0.25) is 9.59 Å². The highest BCUT2D eigenvalue weighted by molar-refractivity contribution is 5.93. The lowest BCUT2D eigenvalue weighted by Crippen LogP contribution is -2.38. The summed E-state index contributed by atoms with van der Waals surface area (Å²) in [4.78, 5) is 61.6. The summed E-state index contributed by atoms with van der Waals surface area (Å²) in [6, 6.07) is 5.60. The molecule has 0 aromatic heterocycles. The molecule has 1 amide bonds. The number of hydrogen-bond donors (Lipinski definition) is 2. The Kier molecular flexibility index (Phi) is 13.0. The van der Waals surface area contributed by atoms with E-state index in [2.05, 4.69) is 0 Å². The molecule has 0 heterocycles. The zero-order valence-electron chi connectivity index (χ0n) is 24.1. The fourth-order valence-electron chi connectivity index (χ4n) is 4.29. The van der Waals surface area contributed by atoms with E-state index in [1.54, 1.807) is 20.8 Å². The van der Waals surface area contributed by atoms with Crippen LogP contribution < -0.4 is 5.73 Å². The second-order valence-electron chi connectivity index (χ2n) is 10.9. The Morgan fingerprint density at radius 3 is 1.83 bits per heavy atom. The zero-order chi connectivity index (χ0) is 30.6. The first kappa shape index (κ1) is 33.5. The fraction of sp³-hybridized carbons (Fsp3) is 0.621. The van der Waals surface area contributed by atoms with Gasteiger partial charge in [0.25, 0.3) is 0 Å². The van der Waals surface area contributed by atoms with Crippen LogP contribution in [0.15, 0.2) is 24.3 Å². The monoisotopic (exact) mass is 579 g/mol. The van der Waals surface area contributed by atoms with E-state index >= 15 is 0 Å². The molecule has 1 aromatic rings. The number of primary amides is 1. The van der Waals surface area contributed by atoms with Gasteiger partial charge < -0.3 is 34.5 Å². The maximum absolute atomic E-state index is 12.9. The second-order valence-corrected chi connectivity index (χ2v) is 10.9. The normalized spacial score (nSPS) is 18.4. The third-order valence-corrected chi connectivity index (χ3v) is 6.26. The summed E-state index contributed by atoms with van der Waals surface area (Å²) in [5, 5.41) is 9.85. The molecule has 1 aromatic carbocycles. The van der Waals surface area contributed by atoms with E-state index in [1.807, 2.05) is 6.92 Å². The molecule has 0 bridgehead atoms. The molecule has 12 nitrogen and oxygen atoms in total. The molecule has 1 fully saturated rings. The molecule has 4 atom stereocenters. The minimum absolute atomic E-state index is 0.125. The first-order chi connectivity index (χ1) is 19.3. The zero-order valence-corrected chi connectivity index (χ0v) is 24.1. The lowest BCUT2D eigenvalue weighted by atomic mass is 9.79. The van der Waals surface area contributed by atoms with Crippen molar-refractivity contribution in [3.8, 4) is 0 Å². The first-order valence-electron chi connectivity index (χ1n) is 13.8. The molecule has 4 unspecified atom stereocenters. The molecule has 1 aliphatic rings. The van der Waals surface area contributed by atoms with Crippen molar-refractivity contribution in [1.82, 2.24) is 0 Å². The van der Waals surface area contributed by atoms with Gasteiger partial charge in [-0.25, -0.2) is 14.4 Å². The lowest BCUT2D eigenvalue weighted by molar-refractivity contribution is -0.166. The van der Waals surface area contributed by atoms with Crippen LogP contribution in [0.3, 0.4) is 0 Å². The SMILES string of the molecule is CCCC(O)COC(=O)C1CCCCC1C(=O)OCC(COC(=O)c1ccc(C(=O)OC(C)(C)C)cc1)OC(N)=O. The third kappa shape index (κ3) is 11.8. The number of benzene rings is 1. The molecule has 3 N–H and O–H groups in total. The van der Waals surface area contributed by atoms with E-state index in [4.69, 9.17) is 29.4 Å². The lowest BCUT2D eigenvalue weighted by Gasteiger charge is -2.29. The average molecular weight is 580 g/mol. The summed E-state index contributed by atoms with van der Waals surface area (Å²) in [5.74, 6) is -4.05. The van der Waals surface area contributed by atoms with E-state index in [1.165, 1.54) is 24.3 Å². The number of carbonyl (C=O) groups is 5. The number of aliphatic hydroxyl groups is 1. The van der Waals surface area contributed by atoms with Crippen molar-refractivity contribution < 1.29 is 52.8 Å². The van der Waals surface area contributed by atoms with Crippen LogP contribution in [0.4, 0.5) is 4.79 Å². The molecule has 0 radical (unpaired) electrons. The maximum Gasteiger partial charge on any atom is 0.405 e. The van der Waals surface area contributed by atoms with Gasteiger partial charge in [-0.05, 0) is 64.3 Å². The highest BCUT2D eigenvalue weighted by Gasteiger charge is 2.38. The van der Waals surface area contributed by atoms with Gasteiger partial charge in [0, 0.05) is 0 Å². The molecule has 12 heteroatoms. The number of esters is 4. The molecular formula is C29H41NO11. The number of amides is 1. The Morgan fingerprint density at radius 1 is 0.854 bits per heavy atom. The van der Waals surface area contributed by atoms with E-state index in [0.717, 1.165) is 12.8 Å². The molecule has 1 aliphatic carbocycles. The van der Waals surface area contributed by atoms with Crippen LogP contribution in [0.1, 0.15) is 86.9 Å². The smallest absolute Gasteiger partial charge is 0.405 e. The van der Waals surface area contributed by atoms with Crippen LogP contribution in [0, 0.1) is 11.8 Å². The summed E-state index contributed by atoms with van der Waals surface area (Å²) < 4.78 is 26.0. The van der Waals surface area contributed by atoms with Gasteiger partial charge in [-0.1, -0.05) is 26.2 Å². The largest absolute Gasteiger partial charge is 0.463 e. The van der Waals surface area contributed by atoms with Crippen molar-refractivity contribution >= 4 is 30.0 Å². The van der Waals surface area contributed by atoms with Crippen molar-refractivity contribution in [2.75, 3.05) is 19.8 Å². The molecule has 2 rings (SSSR count). The third-order valence-electron chi connectivity index (χ3n) is 6.26. The quantitative estimate of drug-likeness (QED) is 0.259. The van der Waals surface area contributed by atoms with Gasteiger partial charge in [0.1, 0.15) is 25.4 Å². The Bertz CT molecular complexity index is 1050. The number of hydrogen-bond acceptors (Lipinski definition) is 11. The summed E-state index contributed by atoms with van der Waals surface area (Å²) >= 11 is 0. The van der Waals surface area contributed by atoms with Crippen molar-refractivity contribution in [3.63, 3.8) is 0 Å². The summed E-state index contributed by atoms with van der Waals surface area (Å²) in [7, 11) is 0. The molecule has 41 heavy (non-hydrogen) atoms. The second kappa shape index (κ2) is 15.9. The summed E-state index contributed by atoms with van der Waals surface area (Å²) in [6.45, 7) is 6.05. The van der Waals surface area contributed by atoms with E-state index in [-0.39, 0.29) is 17.7 Å². The van der Waals surface area contributed by atoms with Crippen molar-refractivity contribution in [1.29, 1.82) is 0 Å². The van der Waals surface area contributed by atoms with Gasteiger partial charge in [0.2, 0.25) is 0 Å². The molecule has 228 valence electrons. The Morgan fingerprint density at radius 2 is 1.34 bits per heavy atom. The molecule has 1 saturated carbocycles. The van der Waals surface area contributed by atoms with Gasteiger partial charge in [-0.2, -0.15) is 0 Å². The highest BCUT2D eigenvalue weighted by Crippen LogP contribution is 2.32.